The second-order valence-electron chi connectivity index (χ2n) is 4.19. The maximum atomic E-state index is 11.7. The first kappa shape index (κ1) is 14.8. The van der Waals surface area contributed by atoms with Gasteiger partial charge in [-0.2, -0.15) is 0 Å². The summed E-state index contributed by atoms with van der Waals surface area (Å²) in [5, 5.41) is 15.9. The molecular weight excluding hydrogens is 288 g/mol. The van der Waals surface area contributed by atoms with Gasteiger partial charge in [0, 0.05) is 16.6 Å². The maximum absolute atomic E-state index is 11.7. The molecule has 0 aliphatic rings. The van der Waals surface area contributed by atoms with Gasteiger partial charge in [0.25, 0.3) is 0 Å². The fraction of sp³-hybridized carbons (Fsp3) is 0.0667. The zero-order chi connectivity index (χ0) is 15.1. The summed E-state index contributed by atoms with van der Waals surface area (Å²) in [6.45, 7) is 0.393. The Morgan fingerprint density at radius 2 is 2.00 bits per heavy atom. The highest BCUT2D eigenvalue weighted by Crippen LogP contribution is 2.16. The number of benzene rings is 1. The second-order valence-corrected chi connectivity index (χ2v) is 5.19. The van der Waals surface area contributed by atoms with E-state index in [0.717, 1.165) is 22.2 Å². The molecule has 0 bridgehead atoms. The van der Waals surface area contributed by atoms with Gasteiger partial charge in [-0.1, -0.05) is 18.2 Å². The van der Waals surface area contributed by atoms with E-state index in [9.17, 15) is 9.59 Å². The summed E-state index contributed by atoms with van der Waals surface area (Å²) in [4.78, 5) is 23.1. The number of amides is 2. The van der Waals surface area contributed by atoms with Crippen molar-refractivity contribution in [1.82, 2.24) is 5.32 Å². The number of rotatable bonds is 5. The van der Waals surface area contributed by atoms with Crippen LogP contribution in [0.25, 0.3) is 6.08 Å². The van der Waals surface area contributed by atoms with E-state index in [1.807, 2.05) is 29.6 Å². The number of urea groups is 1. The molecule has 0 atom stereocenters. The summed E-state index contributed by atoms with van der Waals surface area (Å²) in [6, 6.07) is 10.7. The van der Waals surface area contributed by atoms with Crippen molar-refractivity contribution in [3.8, 4) is 0 Å². The number of carbonyl (C=O) groups excluding carboxylic acids is 1. The zero-order valence-corrected chi connectivity index (χ0v) is 11.9. The minimum Gasteiger partial charge on any atom is -0.478 e. The van der Waals surface area contributed by atoms with Crippen LogP contribution in [-0.2, 0) is 11.3 Å². The van der Waals surface area contributed by atoms with Gasteiger partial charge in [0.1, 0.15) is 0 Å². The summed E-state index contributed by atoms with van der Waals surface area (Å²) in [6.07, 6.45) is 2.60. The van der Waals surface area contributed by atoms with Crippen molar-refractivity contribution in [2.45, 2.75) is 6.54 Å². The Morgan fingerprint density at radius 1 is 1.24 bits per heavy atom. The molecule has 2 aromatic rings. The molecule has 6 heteroatoms. The van der Waals surface area contributed by atoms with Crippen LogP contribution in [-0.4, -0.2) is 17.1 Å². The number of carboxylic acids is 1. The van der Waals surface area contributed by atoms with Gasteiger partial charge >= 0.3 is 12.0 Å². The molecule has 108 valence electrons. The zero-order valence-electron chi connectivity index (χ0n) is 11.1. The van der Waals surface area contributed by atoms with Crippen molar-refractivity contribution >= 4 is 35.1 Å². The third-order valence-corrected chi connectivity index (χ3v) is 3.50. The van der Waals surface area contributed by atoms with Crippen LogP contribution in [0.4, 0.5) is 10.5 Å². The van der Waals surface area contributed by atoms with Crippen LogP contribution >= 0.6 is 11.3 Å². The number of aliphatic carboxylic acids is 1. The molecule has 1 heterocycles. The molecule has 0 spiro atoms. The van der Waals surface area contributed by atoms with Gasteiger partial charge < -0.3 is 15.7 Å². The van der Waals surface area contributed by atoms with E-state index in [2.05, 4.69) is 10.6 Å². The number of hydrogen-bond donors (Lipinski definition) is 3. The summed E-state index contributed by atoms with van der Waals surface area (Å²) >= 11 is 1.46. The average molecular weight is 302 g/mol. The van der Waals surface area contributed by atoms with Crippen LogP contribution in [0.3, 0.4) is 0 Å². The summed E-state index contributed by atoms with van der Waals surface area (Å²) < 4.78 is 0. The van der Waals surface area contributed by atoms with E-state index in [1.165, 1.54) is 17.4 Å². The Kier molecular flexibility index (Phi) is 5.11. The predicted molar refractivity (Wildman–Crippen MR) is 83.3 cm³/mol. The van der Waals surface area contributed by atoms with Crippen molar-refractivity contribution in [3.63, 3.8) is 0 Å². The average Bonchev–Trinajstić information content (AvgIpc) is 2.92. The van der Waals surface area contributed by atoms with E-state index in [0.29, 0.717) is 6.54 Å². The molecule has 0 saturated heterocycles. The number of para-hydroxylation sites is 1. The van der Waals surface area contributed by atoms with E-state index in [-0.39, 0.29) is 6.03 Å². The molecule has 0 unspecified atom stereocenters. The Balaban J connectivity index is 1.83. The molecule has 0 radical (unpaired) electrons. The maximum Gasteiger partial charge on any atom is 0.328 e. The Hall–Kier alpha value is -2.60. The van der Waals surface area contributed by atoms with Crippen molar-refractivity contribution < 1.29 is 14.7 Å². The number of carboxylic acid groups (broad SMARTS) is 1. The van der Waals surface area contributed by atoms with E-state index < -0.39 is 5.97 Å². The van der Waals surface area contributed by atoms with Crippen molar-refractivity contribution in [3.05, 3.63) is 58.3 Å². The topological polar surface area (TPSA) is 78.4 Å². The number of thiophene rings is 1. The molecule has 0 aliphatic carbocycles. The molecule has 1 aromatic carbocycles. The largest absolute Gasteiger partial charge is 0.478 e. The predicted octanol–water partition coefficient (Wildman–Crippen LogP) is 3.17. The lowest BCUT2D eigenvalue weighted by Crippen LogP contribution is -2.27. The van der Waals surface area contributed by atoms with Gasteiger partial charge in [0.15, 0.2) is 0 Å². The van der Waals surface area contributed by atoms with Gasteiger partial charge in [-0.05, 0) is 35.2 Å². The highest BCUT2D eigenvalue weighted by Gasteiger charge is 2.03. The molecule has 21 heavy (non-hydrogen) atoms. The first-order valence-corrected chi connectivity index (χ1v) is 7.10. The number of carbonyl (C=O) groups is 2. The fourth-order valence-electron chi connectivity index (χ4n) is 1.61. The van der Waals surface area contributed by atoms with E-state index >= 15 is 0 Å². The number of anilines is 1. The van der Waals surface area contributed by atoms with Gasteiger partial charge in [0.2, 0.25) is 0 Å². The van der Waals surface area contributed by atoms with Gasteiger partial charge in [-0.15, -0.1) is 11.3 Å². The van der Waals surface area contributed by atoms with Crippen molar-refractivity contribution in [2.75, 3.05) is 5.32 Å². The van der Waals surface area contributed by atoms with Crippen LogP contribution in [0, 0.1) is 0 Å². The molecular formula is C15H14N2O3S. The second kappa shape index (κ2) is 7.25. The lowest BCUT2D eigenvalue weighted by atomic mass is 10.3. The molecule has 5 nitrogen and oxygen atoms in total. The summed E-state index contributed by atoms with van der Waals surface area (Å²) in [5.41, 5.74) is 1.54. The van der Waals surface area contributed by atoms with Crippen LogP contribution < -0.4 is 10.6 Å². The molecule has 2 amide bonds. The van der Waals surface area contributed by atoms with Crippen LogP contribution in [0.1, 0.15) is 10.4 Å². The third kappa shape index (κ3) is 5.12. The Labute approximate surface area is 125 Å². The molecule has 0 fully saturated rings. The van der Waals surface area contributed by atoms with Crippen LogP contribution in [0.2, 0.25) is 0 Å². The standard InChI is InChI=1S/C15H14N2O3S/c18-14(19)7-6-11-8-13(21-10-11)9-16-15(20)17-12-4-2-1-3-5-12/h1-8,10H,9H2,(H,18,19)(H2,16,17,20). The smallest absolute Gasteiger partial charge is 0.328 e. The molecule has 3 N–H and O–H groups in total. The molecule has 0 saturated carbocycles. The number of hydrogen-bond acceptors (Lipinski definition) is 3. The lowest BCUT2D eigenvalue weighted by Gasteiger charge is -2.06. The van der Waals surface area contributed by atoms with Crippen molar-refractivity contribution in [2.24, 2.45) is 0 Å². The van der Waals surface area contributed by atoms with Gasteiger partial charge in [-0.3, -0.25) is 0 Å². The molecule has 1 aromatic heterocycles. The fourth-order valence-corrected chi connectivity index (χ4v) is 2.40. The third-order valence-electron chi connectivity index (χ3n) is 2.55. The van der Waals surface area contributed by atoms with Crippen LogP contribution in [0.5, 0.6) is 0 Å². The van der Waals surface area contributed by atoms with Crippen molar-refractivity contribution in [1.29, 1.82) is 0 Å². The molecule has 2 rings (SSSR count). The normalized spacial score (nSPS) is 10.5. The minimum absolute atomic E-state index is 0.280. The first-order valence-electron chi connectivity index (χ1n) is 6.22. The quantitative estimate of drug-likeness (QED) is 0.742. The monoisotopic (exact) mass is 302 g/mol. The minimum atomic E-state index is -0.983. The first-order chi connectivity index (χ1) is 10.1. The lowest BCUT2D eigenvalue weighted by molar-refractivity contribution is -0.131. The SMILES string of the molecule is O=C(O)C=Cc1csc(CNC(=O)Nc2ccccc2)c1. The molecule has 0 aliphatic heterocycles. The highest BCUT2D eigenvalue weighted by molar-refractivity contribution is 7.10. The Morgan fingerprint density at radius 3 is 2.71 bits per heavy atom. The number of nitrogens with one attached hydrogen (secondary N) is 2. The van der Waals surface area contributed by atoms with Gasteiger partial charge in [-0.25, -0.2) is 9.59 Å². The highest BCUT2D eigenvalue weighted by atomic mass is 32.1. The van der Waals surface area contributed by atoms with Crippen LogP contribution in [0.15, 0.2) is 47.9 Å². The Bertz CT molecular complexity index is 650. The summed E-state index contributed by atoms with van der Waals surface area (Å²) in [7, 11) is 0. The van der Waals surface area contributed by atoms with E-state index in [1.54, 1.807) is 12.1 Å². The summed E-state index contributed by atoms with van der Waals surface area (Å²) in [5.74, 6) is -0.983. The van der Waals surface area contributed by atoms with E-state index in [4.69, 9.17) is 5.11 Å². The van der Waals surface area contributed by atoms with Gasteiger partial charge in [0.05, 0.1) is 6.54 Å².